The van der Waals surface area contributed by atoms with E-state index < -0.39 is 0 Å². The predicted octanol–water partition coefficient (Wildman–Crippen LogP) is 4.11. The number of hydrogen-bond acceptors (Lipinski definition) is 1. The third kappa shape index (κ3) is 3.00. The van der Waals surface area contributed by atoms with Crippen molar-refractivity contribution in [2.45, 2.75) is 77.2 Å². The lowest BCUT2D eigenvalue weighted by atomic mass is 9.71. The first kappa shape index (κ1) is 12.4. The molecule has 2 saturated carbocycles. The van der Waals surface area contributed by atoms with Gasteiger partial charge in [-0.2, -0.15) is 0 Å². The van der Waals surface area contributed by atoms with E-state index in [4.69, 9.17) is 5.73 Å². The Morgan fingerprint density at radius 2 is 1.62 bits per heavy atom. The smallest absolute Gasteiger partial charge is 0.00957 e. The Morgan fingerprint density at radius 1 is 0.938 bits per heavy atom. The summed E-state index contributed by atoms with van der Waals surface area (Å²) >= 11 is 0. The summed E-state index contributed by atoms with van der Waals surface area (Å²) in [7, 11) is 0. The molecule has 94 valence electrons. The monoisotopic (exact) mass is 223 g/mol. The van der Waals surface area contributed by atoms with Gasteiger partial charge in [-0.25, -0.2) is 0 Å². The molecule has 2 fully saturated rings. The van der Waals surface area contributed by atoms with Crippen molar-refractivity contribution in [1.29, 1.82) is 0 Å². The van der Waals surface area contributed by atoms with E-state index in [0.717, 1.165) is 17.8 Å². The predicted molar refractivity (Wildman–Crippen MR) is 70.3 cm³/mol. The van der Waals surface area contributed by atoms with Crippen LogP contribution in [-0.4, -0.2) is 6.04 Å². The van der Waals surface area contributed by atoms with Gasteiger partial charge in [0.1, 0.15) is 0 Å². The zero-order valence-corrected chi connectivity index (χ0v) is 11.0. The zero-order chi connectivity index (χ0) is 11.4. The maximum atomic E-state index is 6.54. The molecule has 1 heteroatoms. The number of hydrogen-bond donors (Lipinski definition) is 1. The van der Waals surface area contributed by atoms with Crippen LogP contribution in [0, 0.1) is 17.8 Å². The summed E-state index contributed by atoms with van der Waals surface area (Å²) in [5.41, 5.74) is 6.54. The molecule has 2 aliphatic rings. The highest BCUT2D eigenvalue weighted by atomic mass is 14.7. The van der Waals surface area contributed by atoms with E-state index in [9.17, 15) is 0 Å². The van der Waals surface area contributed by atoms with E-state index in [0.29, 0.717) is 6.04 Å². The molecule has 0 aromatic heterocycles. The molecule has 2 N–H and O–H groups in total. The molecule has 0 aromatic rings. The van der Waals surface area contributed by atoms with Crippen molar-refractivity contribution in [1.82, 2.24) is 0 Å². The van der Waals surface area contributed by atoms with Crippen LogP contribution in [0.2, 0.25) is 0 Å². The van der Waals surface area contributed by atoms with Crippen molar-refractivity contribution in [2.75, 3.05) is 0 Å². The minimum Gasteiger partial charge on any atom is -0.327 e. The third-order valence-corrected chi connectivity index (χ3v) is 5.14. The number of rotatable bonds is 3. The second kappa shape index (κ2) is 6.05. The molecule has 0 spiro atoms. The Labute approximate surface area is 101 Å². The van der Waals surface area contributed by atoms with Crippen molar-refractivity contribution in [2.24, 2.45) is 23.5 Å². The van der Waals surface area contributed by atoms with E-state index in [2.05, 4.69) is 6.92 Å². The van der Waals surface area contributed by atoms with Gasteiger partial charge in [-0.05, 0) is 43.4 Å². The Hall–Kier alpha value is -0.0400. The van der Waals surface area contributed by atoms with Gasteiger partial charge in [-0.3, -0.25) is 0 Å². The molecule has 0 aromatic carbocycles. The summed E-state index contributed by atoms with van der Waals surface area (Å²) in [4.78, 5) is 0. The van der Waals surface area contributed by atoms with E-state index in [-0.39, 0.29) is 0 Å². The lowest BCUT2D eigenvalue weighted by Crippen LogP contribution is -2.40. The van der Waals surface area contributed by atoms with E-state index >= 15 is 0 Å². The van der Waals surface area contributed by atoms with Crippen molar-refractivity contribution in [3.8, 4) is 0 Å². The molecular formula is C15H29N. The highest BCUT2D eigenvalue weighted by Gasteiger charge is 2.30. The second-order valence-corrected chi connectivity index (χ2v) is 6.18. The third-order valence-electron chi connectivity index (χ3n) is 5.14. The highest BCUT2D eigenvalue weighted by molar-refractivity contribution is 4.86. The molecule has 2 rings (SSSR count). The fourth-order valence-electron chi connectivity index (χ4n) is 3.96. The molecule has 0 amide bonds. The summed E-state index contributed by atoms with van der Waals surface area (Å²) in [6, 6.07) is 0.523. The topological polar surface area (TPSA) is 26.0 Å². The molecule has 0 radical (unpaired) electrons. The van der Waals surface area contributed by atoms with Gasteiger partial charge in [0.25, 0.3) is 0 Å². The van der Waals surface area contributed by atoms with Crippen molar-refractivity contribution in [3.05, 3.63) is 0 Å². The summed E-state index contributed by atoms with van der Waals surface area (Å²) in [6.07, 6.45) is 14.2. The van der Waals surface area contributed by atoms with Crippen LogP contribution in [0.25, 0.3) is 0 Å². The maximum absolute atomic E-state index is 6.54. The zero-order valence-electron chi connectivity index (χ0n) is 11.0. The van der Waals surface area contributed by atoms with Crippen LogP contribution in [0.1, 0.15) is 71.1 Å². The molecular weight excluding hydrogens is 194 g/mol. The molecule has 0 heterocycles. The lowest BCUT2D eigenvalue weighted by Gasteiger charge is -2.37. The van der Waals surface area contributed by atoms with E-state index in [1.54, 1.807) is 0 Å². The van der Waals surface area contributed by atoms with Crippen molar-refractivity contribution >= 4 is 0 Å². The van der Waals surface area contributed by atoms with Gasteiger partial charge in [0.05, 0.1) is 0 Å². The molecule has 16 heavy (non-hydrogen) atoms. The molecule has 2 aliphatic carbocycles. The SMILES string of the molecule is CCC1CCCC(C(N)C2CCCCC2)C1. The first-order chi connectivity index (χ1) is 7.81. The van der Waals surface area contributed by atoms with E-state index in [1.807, 2.05) is 0 Å². The van der Waals surface area contributed by atoms with Gasteiger partial charge in [0.15, 0.2) is 0 Å². The molecule has 0 saturated heterocycles. The summed E-state index contributed by atoms with van der Waals surface area (Å²) in [5, 5.41) is 0. The summed E-state index contributed by atoms with van der Waals surface area (Å²) < 4.78 is 0. The summed E-state index contributed by atoms with van der Waals surface area (Å²) in [5.74, 6) is 2.68. The average molecular weight is 223 g/mol. The van der Waals surface area contributed by atoms with Gasteiger partial charge >= 0.3 is 0 Å². The lowest BCUT2D eigenvalue weighted by molar-refractivity contribution is 0.171. The Kier molecular flexibility index (Phi) is 4.69. The molecule has 0 bridgehead atoms. The molecule has 0 aliphatic heterocycles. The first-order valence-electron chi connectivity index (χ1n) is 7.56. The minimum absolute atomic E-state index is 0.523. The van der Waals surface area contributed by atoms with Crippen LogP contribution in [0.4, 0.5) is 0 Å². The van der Waals surface area contributed by atoms with Crippen molar-refractivity contribution < 1.29 is 0 Å². The Bertz CT molecular complexity index is 196. The van der Waals surface area contributed by atoms with Crippen molar-refractivity contribution in [3.63, 3.8) is 0 Å². The van der Waals surface area contributed by atoms with Crippen LogP contribution < -0.4 is 5.73 Å². The van der Waals surface area contributed by atoms with E-state index in [1.165, 1.54) is 64.2 Å². The van der Waals surface area contributed by atoms with Crippen LogP contribution >= 0.6 is 0 Å². The van der Waals surface area contributed by atoms with Crippen LogP contribution in [0.3, 0.4) is 0 Å². The highest BCUT2D eigenvalue weighted by Crippen LogP contribution is 2.37. The molecule has 1 nitrogen and oxygen atoms in total. The minimum atomic E-state index is 0.523. The Balaban J connectivity index is 1.84. The fourth-order valence-corrected chi connectivity index (χ4v) is 3.96. The van der Waals surface area contributed by atoms with Gasteiger partial charge < -0.3 is 5.73 Å². The second-order valence-electron chi connectivity index (χ2n) is 6.18. The first-order valence-corrected chi connectivity index (χ1v) is 7.56. The quantitative estimate of drug-likeness (QED) is 0.765. The normalized spacial score (nSPS) is 34.9. The number of nitrogens with two attached hydrogens (primary N) is 1. The fraction of sp³-hybridized carbons (Fsp3) is 1.00. The van der Waals surface area contributed by atoms with Crippen LogP contribution in [-0.2, 0) is 0 Å². The largest absolute Gasteiger partial charge is 0.327 e. The molecule has 3 atom stereocenters. The standard InChI is InChI=1S/C15H29N/c1-2-12-7-6-10-14(11-12)15(16)13-8-4-3-5-9-13/h12-15H,2-11,16H2,1H3. The van der Waals surface area contributed by atoms with Gasteiger partial charge in [0, 0.05) is 6.04 Å². The average Bonchev–Trinajstić information content (AvgIpc) is 2.39. The Morgan fingerprint density at radius 3 is 2.31 bits per heavy atom. The van der Waals surface area contributed by atoms with Crippen LogP contribution in [0.15, 0.2) is 0 Å². The molecule has 3 unspecified atom stereocenters. The van der Waals surface area contributed by atoms with Gasteiger partial charge in [-0.15, -0.1) is 0 Å². The van der Waals surface area contributed by atoms with Crippen LogP contribution in [0.5, 0.6) is 0 Å². The van der Waals surface area contributed by atoms with Gasteiger partial charge in [-0.1, -0.05) is 45.4 Å². The maximum Gasteiger partial charge on any atom is 0.00957 e. The summed E-state index contributed by atoms with van der Waals surface area (Å²) in [6.45, 7) is 2.35. The van der Waals surface area contributed by atoms with Gasteiger partial charge in [0.2, 0.25) is 0 Å².